The smallest absolute Gasteiger partial charge is 0.159 e. The molecule has 120 valence electrons. The maximum Gasteiger partial charge on any atom is 0.159 e. The fourth-order valence-electron chi connectivity index (χ4n) is 3.10. The van der Waals surface area contributed by atoms with Gasteiger partial charge in [-0.3, -0.25) is 4.90 Å². The molecule has 2 aromatic carbocycles. The average molecular weight is 319 g/mol. The highest BCUT2D eigenvalue weighted by atomic mass is 19.1. The lowest BCUT2D eigenvalue weighted by molar-refractivity contribution is 0.239. The fraction of sp³-hybridized carbons (Fsp3) is 0.200. The monoisotopic (exact) mass is 319 g/mol. The van der Waals surface area contributed by atoms with Crippen LogP contribution in [0.15, 0.2) is 60.8 Å². The number of aromatic nitrogens is 2. The van der Waals surface area contributed by atoms with Gasteiger partial charge in [0.2, 0.25) is 0 Å². The molecule has 0 radical (unpaired) electrons. The van der Waals surface area contributed by atoms with Gasteiger partial charge in [-0.05, 0) is 6.07 Å². The summed E-state index contributed by atoms with van der Waals surface area (Å²) in [6, 6.07) is 17.0. The third kappa shape index (κ3) is 3.05. The number of rotatable bonds is 3. The van der Waals surface area contributed by atoms with Crippen LogP contribution in [-0.2, 0) is 19.5 Å². The standard InChI is InChI=1S/C20H18FN3/c21-18-9-5-4-8-16(18)13-24-11-10-19-17(14-24)12-22-20(23-19)15-6-2-1-3-7-15/h1-9,12H,10-11,13-14H2. The van der Waals surface area contributed by atoms with Crippen molar-refractivity contribution < 1.29 is 4.39 Å². The van der Waals surface area contributed by atoms with Gasteiger partial charge in [0.1, 0.15) is 5.82 Å². The molecule has 2 heterocycles. The quantitative estimate of drug-likeness (QED) is 0.734. The predicted octanol–water partition coefficient (Wildman–Crippen LogP) is 3.84. The highest BCUT2D eigenvalue weighted by Crippen LogP contribution is 2.22. The lowest BCUT2D eigenvalue weighted by Crippen LogP contribution is -2.31. The van der Waals surface area contributed by atoms with E-state index in [0.717, 1.165) is 47.7 Å². The summed E-state index contributed by atoms with van der Waals surface area (Å²) < 4.78 is 13.8. The number of hydrogen-bond acceptors (Lipinski definition) is 3. The molecule has 3 aromatic rings. The molecule has 4 rings (SSSR count). The molecule has 0 amide bonds. The van der Waals surface area contributed by atoms with E-state index in [4.69, 9.17) is 4.98 Å². The molecule has 0 N–H and O–H groups in total. The van der Waals surface area contributed by atoms with Gasteiger partial charge in [0, 0.05) is 48.9 Å². The van der Waals surface area contributed by atoms with Crippen molar-refractivity contribution >= 4 is 0 Å². The van der Waals surface area contributed by atoms with Crippen LogP contribution in [0.2, 0.25) is 0 Å². The van der Waals surface area contributed by atoms with E-state index in [9.17, 15) is 4.39 Å². The first-order valence-corrected chi connectivity index (χ1v) is 8.15. The average Bonchev–Trinajstić information content (AvgIpc) is 2.64. The Bertz CT molecular complexity index is 849. The minimum atomic E-state index is -0.140. The van der Waals surface area contributed by atoms with Gasteiger partial charge in [0.15, 0.2) is 5.82 Å². The summed E-state index contributed by atoms with van der Waals surface area (Å²) in [6.45, 7) is 2.26. The van der Waals surface area contributed by atoms with Gasteiger partial charge < -0.3 is 0 Å². The molecule has 1 aromatic heterocycles. The fourth-order valence-corrected chi connectivity index (χ4v) is 3.10. The van der Waals surface area contributed by atoms with Crippen LogP contribution >= 0.6 is 0 Å². The maximum absolute atomic E-state index is 13.8. The van der Waals surface area contributed by atoms with Gasteiger partial charge >= 0.3 is 0 Å². The molecule has 0 saturated heterocycles. The van der Waals surface area contributed by atoms with Crippen molar-refractivity contribution in [2.24, 2.45) is 0 Å². The van der Waals surface area contributed by atoms with Crippen LogP contribution in [0.4, 0.5) is 4.39 Å². The second-order valence-corrected chi connectivity index (χ2v) is 6.08. The molecule has 1 aliphatic heterocycles. The number of fused-ring (bicyclic) bond motifs is 1. The summed E-state index contributed by atoms with van der Waals surface area (Å²) in [5.74, 6) is 0.635. The molecule has 0 fully saturated rings. The van der Waals surface area contributed by atoms with Crippen molar-refractivity contribution in [1.29, 1.82) is 0 Å². The number of benzene rings is 2. The molecule has 0 unspecified atom stereocenters. The van der Waals surface area contributed by atoms with Crippen LogP contribution in [0, 0.1) is 5.82 Å². The molecule has 0 bridgehead atoms. The summed E-state index contributed by atoms with van der Waals surface area (Å²) in [5, 5.41) is 0. The third-order valence-electron chi connectivity index (χ3n) is 4.40. The Balaban J connectivity index is 1.53. The van der Waals surface area contributed by atoms with Crippen LogP contribution in [0.25, 0.3) is 11.4 Å². The SMILES string of the molecule is Fc1ccccc1CN1CCc2nc(-c3ccccc3)ncc2C1. The second kappa shape index (κ2) is 6.49. The molecule has 4 heteroatoms. The first kappa shape index (κ1) is 15.0. The highest BCUT2D eigenvalue weighted by Gasteiger charge is 2.19. The Kier molecular flexibility index (Phi) is 4.05. The van der Waals surface area contributed by atoms with E-state index >= 15 is 0 Å². The Morgan fingerprint density at radius 3 is 2.62 bits per heavy atom. The van der Waals surface area contributed by atoms with Crippen LogP contribution in [0.5, 0.6) is 0 Å². The van der Waals surface area contributed by atoms with Gasteiger partial charge in [0.25, 0.3) is 0 Å². The Morgan fingerprint density at radius 2 is 1.79 bits per heavy atom. The van der Waals surface area contributed by atoms with Gasteiger partial charge in [-0.25, -0.2) is 14.4 Å². The van der Waals surface area contributed by atoms with Crippen molar-refractivity contribution in [3.8, 4) is 11.4 Å². The van der Waals surface area contributed by atoms with Crippen molar-refractivity contribution in [3.05, 3.63) is 83.4 Å². The van der Waals surface area contributed by atoms with Gasteiger partial charge in [-0.15, -0.1) is 0 Å². The van der Waals surface area contributed by atoms with Gasteiger partial charge in [-0.2, -0.15) is 0 Å². The van der Waals surface area contributed by atoms with Crippen molar-refractivity contribution in [2.45, 2.75) is 19.5 Å². The Labute approximate surface area is 140 Å². The van der Waals surface area contributed by atoms with E-state index in [0.29, 0.717) is 6.54 Å². The summed E-state index contributed by atoms with van der Waals surface area (Å²) in [4.78, 5) is 11.5. The molecular formula is C20H18FN3. The summed E-state index contributed by atoms with van der Waals surface area (Å²) in [7, 11) is 0. The molecule has 24 heavy (non-hydrogen) atoms. The summed E-state index contributed by atoms with van der Waals surface area (Å²) in [5.41, 5.74) is 4.02. The van der Waals surface area contributed by atoms with Crippen LogP contribution in [-0.4, -0.2) is 21.4 Å². The molecule has 1 aliphatic rings. The maximum atomic E-state index is 13.8. The molecule has 0 aliphatic carbocycles. The van der Waals surface area contributed by atoms with Gasteiger partial charge in [-0.1, -0.05) is 48.5 Å². The molecule has 3 nitrogen and oxygen atoms in total. The molecule has 0 atom stereocenters. The molecular weight excluding hydrogens is 301 g/mol. The zero-order chi connectivity index (χ0) is 16.4. The van der Waals surface area contributed by atoms with Crippen molar-refractivity contribution in [2.75, 3.05) is 6.54 Å². The van der Waals surface area contributed by atoms with E-state index in [1.807, 2.05) is 48.7 Å². The zero-order valence-electron chi connectivity index (χ0n) is 13.3. The lowest BCUT2D eigenvalue weighted by Gasteiger charge is -2.28. The minimum Gasteiger partial charge on any atom is -0.294 e. The summed E-state index contributed by atoms with van der Waals surface area (Å²) in [6.07, 6.45) is 2.78. The van der Waals surface area contributed by atoms with E-state index in [1.165, 1.54) is 6.07 Å². The van der Waals surface area contributed by atoms with Crippen molar-refractivity contribution in [1.82, 2.24) is 14.9 Å². The zero-order valence-corrected chi connectivity index (χ0v) is 13.3. The first-order valence-electron chi connectivity index (χ1n) is 8.15. The number of halogens is 1. The van der Waals surface area contributed by atoms with Crippen molar-refractivity contribution in [3.63, 3.8) is 0 Å². The van der Waals surface area contributed by atoms with E-state index in [-0.39, 0.29) is 5.82 Å². The Morgan fingerprint density at radius 1 is 1.00 bits per heavy atom. The lowest BCUT2D eigenvalue weighted by atomic mass is 10.1. The molecule has 0 spiro atoms. The van der Waals surface area contributed by atoms with E-state index < -0.39 is 0 Å². The normalized spacial score (nSPS) is 14.4. The van der Waals surface area contributed by atoms with E-state index in [1.54, 1.807) is 6.07 Å². The largest absolute Gasteiger partial charge is 0.294 e. The van der Waals surface area contributed by atoms with E-state index in [2.05, 4.69) is 9.88 Å². The van der Waals surface area contributed by atoms with Crippen LogP contribution in [0.3, 0.4) is 0 Å². The minimum absolute atomic E-state index is 0.140. The predicted molar refractivity (Wildman–Crippen MR) is 91.7 cm³/mol. The van der Waals surface area contributed by atoms with Gasteiger partial charge in [0.05, 0.1) is 5.69 Å². The van der Waals surface area contributed by atoms with Crippen LogP contribution < -0.4 is 0 Å². The second-order valence-electron chi connectivity index (χ2n) is 6.08. The number of hydrogen-bond donors (Lipinski definition) is 0. The Hall–Kier alpha value is -2.59. The summed E-state index contributed by atoms with van der Waals surface area (Å²) >= 11 is 0. The molecule has 0 saturated carbocycles. The topological polar surface area (TPSA) is 29.0 Å². The van der Waals surface area contributed by atoms with Crippen LogP contribution in [0.1, 0.15) is 16.8 Å². The highest BCUT2D eigenvalue weighted by molar-refractivity contribution is 5.54. The number of nitrogens with zero attached hydrogens (tertiary/aromatic N) is 3. The first-order chi connectivity index (χ1) is 11.8. The third-order valence-corrected chi connectivity index (χ3v) is 4.40.